The van der Waals surface area contributed by atoms with Gasteiger partial charge in [-0.1, -0.05) is 37.9 Å². The van der Waals surface area contributed by atoms with Gasteiger partial charge < -0.3 is 10.2 Å². The van der Waals surface area contributed by atoms with Crippen molar-refractivity contribution >= 4 is 17.3 Å². The summed E-state index contributed by atoms with van der Waals surface area (Å²) in [5.41, 5.74) is 2.47. The van der Waals surface area contributed by atoms with Gasteiger partial charge >= 0.3 is 0 Å². The monoisotopic (exact) mass is 280 g/mol. The smallest absolute Gasteiger partial charge is 0.0639 e. The van der Waals surface area contributed by atoms with E-state index >= 15 is 0 Å². The van der Waals surface area contributed by atoms with Crippen molar-refractivity contribution in [1.82, 2.24) is 5.32 Å². The van der Waals surface area contributed by atoms with Gasteiger partial charge in [-0.15, -0.1) is 0 Å². The van der Waals surface area contributed by atoms with Crippen LogP contribution < -0.4 is 10.2 Å². The summed E-state index contributed by atoms with van der Waals surface area (Å²) in [4.78, 5) is 2.45. The summed E-state index contributed by atoms with van der Waals surface area (Å²) in [6, 6.07) is 6.86. The normalized spacial score (nSPS) is 22.1. The van der Waals surface area contributed by atoms with Gasteiger partial charge in [0.15, 0.2) is 0 Å². The lowest BCUT2D eigenvalue weighted by atomic mass is 9.99. The van der Waals surface area contributed by atoms with Crippen LogP contribution in [0.25, 0.3) is 0 Å². The van der Waals surface area contributed by atoms with E-state index in [-0.39, 0.29) is 0 Å². The molecule has 1 heterocycles. The van der Waals surface area contributed by atoms with Crippen LogP contribution in [0.5, 0.6) is 0 Å². The van der Waals surface area contributed by atoms with Crippen LogP contribution in [-0.4, -0.2) is 25.7 Å². The molecule has 106 valence electrons. The summed E-state index contributed by atoms with van der Waals surface area (Å²) in [7, 11) is 0. The van der Waals surface area contributed by atoms with E-state index in [9.17, 15) is 0 Å². The number of hydrogen-bond acceptors (Lipinski definition) is 2. The van der Waals surface area contributed by atoms with E-state index in [0.29, 0.717) is 12.0 Å². The van der Waals surface area contributed by atoms with Crippen molar-refractivity contribution in [3.8, 4) is 0 Å². The minimum Gasteiger partial charge on any atom is -0.369 e. The lowest BCUT2D eigenvalue weighted by Gasteiger charge is -2.30. The standard InChI is InChI=1S/C16H25ClN2/c1-4-13(3)15-11-19(9-5-8-18-15)16-10-12(2)6-7-14(16)17/h6-7,10,13,15,18H,4-5,8-9,11H2,1-3H3. The number of nitrogens with zero attached hydrogens (tertiary/aromatic N) is 1. The Morgan fingerprint density at radius 2 is 2.26 bits per heavy atom. The highest BCUT2D eigenvalue weighted by atomic mass is 35.5. The van der Waals surface area contributed by atoms with Crippen molar-refractivity contribution in [3.05, 3.63) is 28.8 Å². The van der Waals surface area contributed by atoms with Crippen molar-refractivity contribution in [1.29, 1.82) is 0 Å². The maximum Gasteiger partial charge on any atom is 0.0639 e. The summed E-state index contributed by atoms with van der Waals surface area (Å²) < 4.78 is 0. The van der Waals surface area contributed by atoms with Crippen molar-refractivity contribution in [2.75, 3.05) is 24.5 Å². The third-order valence-electron chi connectivity index (χ3n) is 4.20. The molecule has 0 bridgehead atoms. The highest BCUT2D eigenvalue weighted by Gasteiger charge is 2.22. The van der Waals surface area contributed by atoms with Crippen LogP contribution in [0.15, 0.2) is 18.2 Å². The third kappa shape index (κ3) is 3.64. The first kappa shape index (κ1) is 14.7. The zero-order valence-electron chi connectivity index (χ0n) is 12.2. The summed E-state index contributed by atoms with van der Waals surface area (Å²) in [6.07, 6.45) is 2.39. The molecule has 0 aromatic heterocycles. The molecule has 1 fully saturated rings. The summed E-state index contributed by atoms with van der Waals surface area (Å²) in [5, 5.41) is 4.55. The lowest BCUT2D eigenvalue weighted by Crippen LogP contribution is -2.42. The Hall–Kier alpha value is -0.730. The van der Waals surface area contributed by atoms with E-state index in [1.54, 1.807) is 0 Å². The van der Waals surface area contributed by atoms with Crippen molar-refractivity contribution in [3.63, 3.8) is 0 Å². The average molecular weight is 281 g/mol. The van der Waals surface area contributed by atoms with Gasteiger partial charge in [0.25, 0.3) is 0 Å². The second kappa shape index (κ2) is 6.62. The molecule has 2 rings (SSSR count). The third-order valence-corrected chi connectivity index (χ3v) is 4.52. The van der Waals surface area contributed by atoms with Gasteiger partial charge in [0.05, 0.1) is 10.7 Å². The van der Waals surface area contributed by atoms with Gasteiger partial charge in [-0.2, -0.15) is 0 Å². The van der Waals surface area contributed by atoms with E-state index < -0.39 is 0 Å². The second-order valence-electron chi connectivity index (χ2n) is 5.70. The van der Waals surface area contributed by atoms with Crippen LogP contribution in [0.1, 0.15) is 32.3 Å². The van der Waals surface area contributed by atoms with E-state index in [1.807, 2.05) is 6.07 Å². The summed E-state index contributed by atoms with van der Waals surface area (Å²) in [5.74, 6) is 0.698. The minimum atomic E-state index is 0.559. The van der Waals surface area contributed by atoms with Crippen molar-refractivity contribution in [2.45, 2.75) is 39.7 Å². The Kier molecular flexibility index (Phi) is 5.12. The molecule has 2 unspecified atom stereocenters. The molecule has 2 atom stereocenters. The molecule has 1 aliphatic heterocycles. The number of benzene rings is 1. The van der Waals surface area contributed by atoms with Crippen LogP contribution in [-0.2, 0) is 0 Å². The van der Waals surface area contributed by atoms with Gasteiger partial charge in [-0.25, -0.2) is 0 Å². The summed E-state index contributed by atoms with van der Waals surface area (Å²) in [6.45, 7) is 9.97. The average Bonchev–Trinajstić information content (AvgIpc) is 2.66. The Balaban J connectivity index is 2.20. The van der Waals surface area contributed by atoms with Crippen molar-refractivity contribution in [2.24, 2.45) is 5.92 Å². The van der Waals surface area contributed by atoms with Crippen LogP contribution in [0.3, 0.4) is 0 Å². The van der Waals surface area contributed by atoms with E-state index in [4.69, 9.17) is 11.6 Å². The molecule has 1 N–H and O–H groups in total. The highest BCUT2D eigenvalue weighted by molar-refractivity contribution is 6.33. The molecule has 2 nitrogen and oxygen atoms in total. The van der Waals surface area contributed by atoms with Gasteiger partial charge in [-0.05, 0) is 43.5 Å². The number of halogens is 1. The van der Waals surface area contributed by atoms with Crippen LogP contribution >= 0.6 is 11.6 Å². The largest absolute Gasteiger partial charge is 0.369 e. The number of rotatable bonds is 3. The predicted molar refractivity (Wildman–Crippen MR) is 84.3 cm³/mol. The first-order chi connectivity index (χ1) is 9.11. The van der Waals surface area contributed by atoms with E-state index in [2.05, 4.69) is 43.1 Å². The fourth-order valence-corrected chi connectivity index (χ4v) is 2.94. The second-order valence-corrected chi connectivity index (χ2v) is 6.11. The van der Waals surface area contributed by atoms with Crippen LogP contribution in [0.2, 0.25) is 5.02 Å². The quantitative estimate of drug-likeness (QED) is 0.904. The Morgan fingerprint density at radius 1 is 1.47 bits per heavy atom. The SMILES string of the molecule is CCC(C)C1CN(c2cc(C)ccc2Cl)CCCN1. The van der Waals surface area contributed by atoms with Gasteiger partial charge in [-0.3, -0.25) is 0 Å². The highest BCUT2D eigenvalue weighted by Crippen LogP contribution is 2.28. The zero-order chi connectivity index (χ0) is 13.8. The molecule has 0 spiro atoms. The minimum absolute atomic E-state index is 0.559. The molecule has 1 aromatic rings. The summed E-state index contributed by atoms with van der Waals surface area (Å²) >= 11 is 6.38. The predicted octanol–water partition coefficient (Wildman–Crippen LogP) is 3.86. The maximum absolute atomic E-state index is 6.38. The number of nitrogens with one attached hydrogen (secondary N) is 1. The molecule has 19 heavy (non-hydrogen) atoms. The topological polar surface area (TPSA) is 15.3 Å². The molecule has 0 aliphatic carbocycles. The molecule has 0 radical (unpaired) electrons. The molecule has 1 aromatic carbocycles. The number of hydrogen-bond donors (Lipinski definition) is 1. The Labute approximate surface area is 122 Å². The van der Waals surface area contributed by atoms with Crippen molar-refractivity contribution < 1.29 is 0 Å². The van der Waals surface area contributed by atoms with E-state index in [1.165, 1.54) is 24.1 Å². The van der Waals surface area contributed by atoms with Crippen LogP contribution in [0, 0.1) is 12.8 Å². The van der Waals surface area contributed by atoms with E-state index in [0.717, 1.165) is 24.7 Å². The van der Waals surface area contributed by atoms with Gasteiger partial charge in [0.2, 0.25) is 0 Å². The Bertz CT molecular complexity index is 419. The fraction of sp³-hybridized carbons (Fsp3) is 0.625. The molecular weight excluding hydrogens is 256 g/mol. The molecule has 3 heteroatoms. The van der Waals surface area contributed by atoms with Crippen LogP contribution in [0.4, 0.5) is 5.69 Å². The first-order valence-corrected chi connectivity index (χ1v) is 7.74. The van der Waals surface area contributed by atoms with Gasteiger partial charge in [0.1, 0.15) is 0 Å². The maximum atomic E-state index is 6.38. The molecular formula is C16H25ClN2. The number of aryl methyl sites for hydroxylation is 1. The zero-order valence-corrected chi connectivity index (χ0v) is 13.0. The Morgan fingerprint density at radius 3 is 3.00 bits per heavy atom. The fourth-order valence-electron chi connectivity index (χ4n) is 2.70. The molecule has 1 saturated heterocycles. The number of anilines is 1. The molecule has 0 saturated carbocycles. The molecule has 1 aliphatic rings. The van der Waals surface area contributed by atoms with Gasteiger partial charge in [0, 0.05) is 19.1 Å². The first-order valence-electron chi connectivity index (χ1n) is 7.36. The lowest BCUT2D eigenvalue weighted by molar-refractivity contribution is 0.384. The molecule has 0 amide bonds.